The first kappa shape index (κ1) is 58.0. The molecule has 4 aliphatic heterocycles. The maximum absolute atomic E-state index is 15.5. The highest BCUT2D eigenvalue weighted by Gasteiger charge is 2.45. The number of anilines is 2. The lowest BCUT2D eigenvalue weighted by molar-refractivity contribution is -0.144. The van der Waals surface area contributed by atoms with Crippen molar-refractivity contribution >= 4 is 80.1 Å². The highest BCUT2D eigenvalue weighted by atomic mass is 35.5. The Morgan fingerprint density at radius 1 is 0.914 bits per heavy atom. The van der Waals surface area contributed by atoms with E-state index in [4.69, 9.17) is 11.6 Å². The number of carbonyl (C=O) groups is 4. The topological polar surface area (TPSA) is 211 Å². The van der Waals surface area contributed by atoms with Gasteiger partial charge in [0.1, 0.15) is 29.7 Å². The second-order valence-electron chi connectivity index (χ2n) is 22.7. The van der Waals surface area contributed by atoms with Gasteiger partial charge in [-0.25, -0.2) is 28.0 Å². The third-order valence-electron chi connectivity index (χ3n) is 16.0. The van der Waals surface area contributed by atoms with Crippen LogP contribution in [-0.4, -0.2) is 168 Å². The lowest BCUT2D eigenvalue weighted by atomic mass is 9.85. The number of aromatic nitrogens is 3. The number of hydrogen-bond acceptors (Lipinski definition) is 13. The van der Waals surface area contributed by atoms with Gasteiger partial charge in [0.2, 0.25) is 17.7 Å². The molecule has 0 saturated carbocycles. The highest BCUT2D eigenvalue weighted by Crippen LogP contribution is 2.38. The van der Waals surface area contributed by atoms with Gasteiger partial charge in [-0.15, -0.1) is 11.3 Å². The van der Waals surface area contributed by atoms with Crippen molar-refractivity contribution < 1.29 is 41.8 Å². The fourth-order valence-electron chi connectivity index (χ4n) is 11.5. The van der Waals surface area contributed by atoms with Crippen LogP contribution >= 0.6 is 22.9 Å². The van der Waals surface area contributed by atoms with Crippen LogP contribution in [0.25, 0.3) is 32.6 Å². The summed E-state index contributed by atoms with van der Waals surface area (Å²) in [5.74, 6) is -2.18. The van der Waals surface area contributed by atoms with E-state index >= 15 is 4.39 Å². The van der Waals surface area contributed by atoms with Gasteiger partial charge >= 0.3 is 0 Å². The van der Waals surface area contributed by atoms with E-state index < -0.39 is 58.2 Å². The number of ketones is 1. The third kappa shape index (κ3) is 13.0. The largest absolute Gasteiger partial charge is 0.391 e. The molecule has 0 spiro atoms. The minimum atomic E-state index is -2.68. The third-order valence-corrected chi connectivity index (χ3v) is 18.1. The van der Waals surface area contributed by atoms with E-state index in [1.807, 2.05) is 69.6 Å². The van der Waals surface area contributed by atoms with Crippen LogP contribution in [0.15, 0.2) is 84.6 Å². The molecule has 1 unspecified atom stereocenters. The van der Waals surface area contributed by atoms with E-state index in [0.29, 0.717) is 17.0 Å². The Balaban J connectivity index is 0.683. The minimum Gasteiger partial charge on any atom is -0.391 e. The van der Waals surface area contributed by atoms with Crippen LogP contribution in [0.1, 0.15) is 73.6 Å². The maximum atomic E-state index is 15.5. The molecule has 3 aromatic carbocycles. The molecule has 0 bridgehead atoms. The summed E-state index contributed by atoms with van der Waals surface area (Å²) in [5, 5.41) is 18.1. The number of nitrogens with zero attached hydrogens (tertiary/aromatic N) is 8. The van der Waals surface area contributed by atoms with Gasteiger partial charge in [-0.2, -0.15) is 4.41 Å². The van der Waals surface area contributed by atoms with Crippen molar-refractivity contribution in [2.45, 2.75) is 84.3 Å². The first-order valence-electron chi connectivity index (χ1n) is 27.4. The number of H-pyrrole nitrogens is 1. The van der Waals surface area contributed by atoms with Gasteiger partial charge in [0.05, 0.1) is 51.5 Å². The molecule has 4 saturated heterocycles. The number of piperazine rings is 1. The Labute approximate surface area is 481 Å². The van der Waals surface area contributed by atoms with Crippen molar-refractivity contribution in [2.24, 2.45) is 11.3 Å². The molecule has 0 radical (unpaired) electrons. The molecule has 0 aliphatic carbocycles. The molecule has 10 rings (SSSR count). The number of rotatable bonds is 17. The summed E-state index contributed by atoms with van der Waals surface area (Å²) in [4.78, 5) is 77.0. The number of hydrazine groups is 1. The molecular formula is C58H68ClF2N11O7S2. The molecule has 3 amide bonds. The summed E-state index contributed by atoms with van der Waals surface area (Å²) in [7, 11) is 0. The average Bonchev–Trinajstić information content (AvgIpc) is 4.32. The predicted molar refractivity (Wildman–Crippen MR) is 310 cm³/mol. The number of piperidine rings is 1. The van der Waals surface area contributed by atoms with Crippen molar-refractivity contribution in [1.82, 2.24) is 45.3 Å². The first-order valence-corrected chi connectivity index (χ1v) is 29.8. The number of nitrogens with one attached hydrogen (secondary N) is 3. The Morgan fingerprint density at radius 2 is 1.63 bits per heavy atom. The number of aliphatic hydroxyl groups is 1. The Hall–Kier alpha value is -6.24. The lowest BCUT2D eigenvalue weighted by Crippen LogP contribution is -2.59. The fraction of sp³-hybridized carbons (Fsp3) is 0.448. The number of alkyl halides is 1. The fourth-order valence-corrected chi connectivity index (χ4v) is 13.4. The van der Waals surface area contributed by atoms with Crippen LogP contribution in [0.4, 0.5) is 20.2 Å². The predicted octanol–water partition coefficient (Wildman–Crippen LogP) is 7.23. The molecule has 4 aliphatic rings. The van der Waals surface area contributed by atoms with E-state index in [1.54, 1.807) is 23.6 Å². The quantitative estimate of drug-likeness (QED) is 0.0452. The van der Waals surface area contributed by atoms with Gasteiger partial charge in [-0.1, -0.05) is 68.8 Å². The Kier molecular flexibility index (Phi) is 17.7. The van der Waals surface area contributed by atoms with Gasteiger partial charge in [0.15, 0.2) is 5.78 Å². The molecule has 81 heavy (non-hydrogen) atoms. The normalized spacial score (nSPS) is 20.4. The lowest BCUT2D eigenvalue weighted by Gasteiger charge is -2.40. The van der Waals surface area contributed by atoms with Gasteiger partial charge in [-0.05, 0) is 97.6 Å². The van der Waals surface area contributed by atoms with E-state index in [9.17, 15) is 37.4 Å². The van der Waals surface area contributed by atoms with Crippen LogP contribution in [0, 0.1) is 24.1 Å². The van der Waals surface area contributed by atoms with E-state index in [-0.39, 0.29) is 79.6 Å². The SMILES string of the molecule is Cc1ncsc1-c1ccc(CNC(=O)[C@@H]2C[C@@H](O)CN2C(=O)[C@@H](NC(=O)CN2CCC(CN3CCN(c4ccc(-c5cnc6[nH]cc(C(=O)c7c(F)ccc(N(N8CC[C@@H](F)C8)S(=O)O)c7Cl)c6c5)cc4)CC3)CC2)C(C)(C)C)cc1. The standard InChI is InChI=1S/C58H68ClF2N11O7S2/c1-35-53(80-34-65-35)39-7-5-36(6-8-39)27-64-56(76)48-26-43(73)32-71(48)57(77)54(58(2,3)4)66-49(74)33-67-18-15-37(16-19-67)30-68-21-23-69(24-22-68)42-11-9-38(10-12-42)40-25-44-45(29-63-55(44)62-28-40)52(75)50-46(61)13-14-47(51(50)59)72(81(78)79)70-20-17-41(60)31-70/h5-14,25,28-29,34,37,41,43,48,54,73H,15-24,26-27,30-33H2,1-4H3,(H,62,63)(H,64,76)(H,66,74)(H,78,79)/t41-,43-,48+,54-/m1/s1. The molecule has 6 aromatic rings. The number of likely N-dealkylation sites (tertiary alicyclic amines) is 2. The van der Waals surface area contributed by atoms with Gasteiger partial charge in [0.25, 0.3) is 11.3 Å². The monoisotopic (exact) mass is 1170 g/mol. The van der Waals surface area contributed by atoms with Gasteiger partial charge in [0, 0.05) is 93.4 Å². The van der Waals surface area contributed by atoms with Crippen LogP contribution in [0.2, 0.25) is 5.02 Å². The Bertz CT molecular complexity index is 3290. The van der Waals surface area contributed by atoms with Crippen LogP contribution in [0.5, 0.6) is 0 Å². The number of benzene rings is 3. The number of amides is 3. The smallest absolute Gasteiger partial charge is 0.277 e. The molecule has 18 nitrogen and oxygen atoms in total. The molecule has 3 aromatic heterocycles. The number of β-amino-alcohol motifs (C(OH)–C–C–N with tert-alkyl or cyclic N) is 1. The van der Waals surface area contributed by atoms with Crippen molar-refractivity contribution in [2.75, 3.05) is 81.3 Å². The van der Waals surface area contributed by atoms with Gasteiger partial charge < -0.3 is 30.5 Å². The zero-order valence-corrected chi connectivity index (χ0v) is 48.1. The van der Waals surface area contributed by atoms with E-state index in [2.05, 4.69) is 52.4 Å². The van der Waals surface area contributed by atoms with Crippen LogP contribution in [-0.2, 0) is 32.2 Å². The van der Waals surface area contributed by atoms with Crippen LogP contribution in [0.3, 0.4) is 0 Å². The number of thiazole rings is 1. The van der Waals surface area contributed by atoms with Crippen molar-refractivity contribution in [1.29, 1.82) is 0 Å². The molecular weight excluding hydrogens is 1100 g/mol. The van der Waals surface area contributed by atoms with Crippen molar-refractivity contribution in [3.05, 3.63) is 118 Å². The number of pyridine rings is 1. The second-order valence-corrected chi connectivity index (χ2v) is 24.7. The molecule has 5 atom stereocenters. The molecule has 5 N–H and O–H groups in total. The highest BCUT2D eigenvalue weighted by molar-refractivity contribution is 7.80. The number of halogens is 3. The summed E-state index contributed by atoms with van der Waals surface area (Å²) in [6.45, 7) is 14.0. The molecule has 430 valence electrons. The van der Waals surface area contributed by atoms with E-state index in [1.165, 1.54) is 22.2 Å². The first-order chi connectivity index (χ1) is 38.8. The van der Waals surface area contributed by atoms with E-state index in [0.717, 1.165) is 108 Å². The van der Waals surface area contributed by atoms with Crippen molar-refractivity contribution in [3.63, 3.8) is 0 Å². The number of aliphatic hydroxyl groups excluding tert-OH is 1. The van der Waals surface area contributed by atoms with Gasteiger partial charge in [-0.3, -0.25) is 33.5 Å². The zero-order valence-electron chi connectivity index (χ0n) is 45.7. The van der Waals surface area contributed by atoms with Crippen molar-refractivity contribution in [3.8, 4) is 21.6 Å². The number of aryl methyl sites for hydroxylation is 1. The number of fused-ring (bicyclic) bond motifs is 1. The molecule has 4 fully saturated rings. The Morgan fingerprint density at radius 3 is 2.28 bits per heavy atom. The molecule has 23 heteroatoms. The number of aromatic amines is 1. The second kappa shape index (κ2) is 24.7. The number of carbonyl (C=O) groups excluding carboxylic acids is 4. The number of hydrogen-bond donors (Lipinski definition) is 5. The average molecular weight is 1170 g/mol. The van der Waals surface area contributed by atoms with Crippen LogP contribution < -0.4 is 19.9 Å². The minimum absolute atomic E-state index is 0.00570. The summed E-state index contributed by atoms with van der Waals surface area (Å²) < 4.78 is 53.1. The summed E-state index contributed by atoms with van der Waals surface area (Å²) in [6.07, 6.45) is 3.18. The zero-order chi connectivity index (χ0) is 57.3. The summed E-state index contributed by atoms with van der Waals surface area (Å²) in [6, 6.07) is 18.3. The summed E-state index contributed by atoms with van der Waals surface area (Å²) >= 11 is 5.55. The maximum Gasteiger partial charge on any atom is 0.277 e. The summed E-state index contributed by atoms with van der Waals surface area (Å²) in [5.41, 5.74) is 6.65. The molecule has 7 heterocycles.